The molecule has 1 N–H and O–H groups in total. The Bertz CT molecular complexity index is 142. The first-order valence-corrected chi connectivity index (χ1v) is 7.90. The molecule has 0 fully saturated rings. The van der Waals surface area contributed by atoms with Gasteiger partial charge in [0.2, 0.25) is 0 Å². The fourth-order valence-electron chi connectivity index (χ4n) is 2.54. The van der Waals surface area contributed by atoms with Crippen molar-refractivity contribution >= 4 is 0 Å². The molecule has 1 nitrogen and oxygen atoms in total. The first kappa shape index (κ1) is 17.0. The van der Waals surface area contributed by atoms with Crippen LogP contribution in [0.15, 0.2) is 0 Å². The highest BCUT2D eigenvalue weighted by Gasteiger charge is 2.12. The molecule has 0 aromatic heterocycles. The smallest absolute Gasteiger partial charge is 0.0540 e. The Morgan fingerprint density at radius 3 is 1.71 bits per heavy atom. The van der Waals surface area contributed by atoms with Crippen molar-refractivity contribution in [3.63, 3.8) is 0 Å². The monoisotopic (exact) mass is 242 g/mol. The lowest BCUT2D eigenvalue weighted by molar-refractivity contribution is 0.112. The third-order valence-electron chi connectivity index (χ3n) is 3.77. The third kappa shape index (κ3) is 10.8. The second-order valence-corrected chi connectivity index (χ2v) is 5.55. The number of unbranched alkanes of at least 4 members (excludes halogenated alkanes) is 7. The van der Waals surface area contributed by atoms with Crippen molar-refractivity contribution in [1.29, 1.82) is 0 Å². The minimum absolute atomic E-state index is 0.112. The van der Waals surface area contributed by atoms with E-state index >= 15 is 0 Å². The molecule has 0 aromatic rings. The van der Waals surface area contributed by atoms with E-state index in [1.807, 2.05) is 6.92 Å². The summed E-state index contributed by atoms with van der Waals surface area (Å²) in [4.78, 5) is 0. The third-order valence-corrected chi connectivity index (χ3v) is 3.77. The van der Waals surface area contributed by atoms with E-state index in [0.29, 0.717) is 5.92 Å². The van der Waals surface area contributed by atoms with Gasteiger partial charge in [0.05, 0.1) is 6.10 Å². The molecule has 0 saturated heterocycles. The largest absolute Gasteiger partial charge is 0.393 e. The zero-order valence-electron chi connectivity index (χ0n) is 12.4. The number of hydrogen-bond acceptors (Lipinski definition) is 1. The summed E-state index contributed by atoms with van der Waals surface area (Å²) in [5.41, 5.74) is 0. The number of hydrogen-bond donors (Lipinski definition) is 1. The van der Waals surface area contributed by atoms with E-state index in [0.717, 1.165) is 0 Å². The molecule has 0 aliphatic rings. The average molecular weight is 242 g/mol. The van der Waals surface area contributed by atoms with Crippen molar-refractivity contribution in [2.24, 2.45) is 5.92 Å². The van der Waals surface area contributed by atoms with Crippen LogP contribution in [0, 0.1) is 5.92 Å². The molecule has 17 heavy (non-hydrogen) atoms. The summed E-state index contributed by atoms with van der Waals surface area (Å²) in [6, 6.07) is 0. The van der Waals surface area contributed by atoms with Crippen LogP contribution in [0.25, 0.3) is 0 Å². The maximum Gasteiger partial charge on any atom is 0.0540 e. The van der Waals surface area contributed by atoms with Gasteiger partial charge in [0.25, 0.3) is 0 Å². The molecule has 0 rings (SSSR count). The predicted octanol–water partition coefficient (Wildman–Crippen LogP) is 5.31. The quantitative estimate of drug-likeness (QED) is 0.460. The zero-order valence-corrected chi connectivity index (χ0v) is 12.4. The fraction of sp³-hybridized carbons (Fsp3) is 1.00. The maximum absolute atomic E-state index is 9.64. The van der Waals surface area contributed by atoms with Gasteiger partial charge < -0.3 is 5.11 Å². The normalized spacial score (nSPS) is 14.8. The first-order valence-electron chi connectivity index (χ1n) is 7.90. The van der Waals surface area contributed by atoms with Crippen LogP contribution in [0.1, 0.15) is 91.4 Å². The Hall–Kier alpha value is -0.0400. The van der Waals surface area contributed by atoms with Crippen LogP contribution in [0.4, 0.5) is 0 Å². The van der Waals surface area contributed by atoms with Crippen molar-refractivity contribution in [3.05, 3.63) is 0 Å². The van der Waals surface area contributed by atoms with E-state index in [2.05, 4.69) is 13.8 Å². The molecule has 1 heteroatoms. The molecule has 0 saturated carbocycles. The summed E-state index contributed by atoms with van der Waals surface area (Å²) >= 11 is 0. The second-order valence-electron chi connectivity index (χ2n) is 5.55. The van der Waals surface area contributed by atoms with Crippen molar-refractivity contribution in [2.75, 3.05) is 0 Å². The average Bonchev–Trinajstić information content (AvgIpc) is 2.31. The molecule has 0 amide bonds. The molecule has 2 atom stereocenters. The van der Waals surface area contributed by atoms with Crippen LogP contribution in [-0.2, 0) is 0 Å². The first-order chi connectivity index (χ1) is 8.22. The second kappa shape index (κ2) is 12.4. The Morgan fingerprint density at radius 2 is 1.24 bits per heavy atom. The van der Waals surface area contributed by atoms with E-state index in [1.54, 1.807) is 0 Å². The van der Waals surface area contributed by atoms with E-state index in [9.17, 15) is 5.11 Å². The molecule has 0 aromatic carbocycles. The van der Waals surface area contributed by atoms with Gasteiger partial charge in [-0.2, -0.15) is 0 Å². The molecular formula is C16H34O. The SMILES string of the molecule is CCCCCCCCCCC(CCC)C(C)O. The van der Waals surface area contributed by atoms with Crippen molar-refractivity contribution in [3.8, 4) is 0 Å². The number of aliphatic hydroxyl groups is 1. The van der Waals surface area contributed by atoms with Gasteiger partial charge in [0, 0.05) is 0 Å². The van der Waals surface area contributed by atoms with Crippen LogP contribution in [0.3, 0.4) is 0 Å². The Kier molecular flexibility index (Phi) is 12.4. The Morgan fingerprint density at radius 1 is 0.706 bits per heavy atom. The molecule has 2 unspecified atom stereocenters. The van der Waals surface area contributed by atoms with Gasteiger partial charge in [0.15, 0.2) is 0 Å². The summed E-state index contributed by atoms with van der Waals surface area (Å²) < 4.78 is 0. The van der Waals surface area contributed by atoms with Gasteiger partial charge in [0.1, 0.15) is 0 Å². The van der Waals surface area contributed by atoms with Gasteiger partial charge in [-0.15, -0.1) is 0 Å². The van der Waals surface area contributed by atoms with E-state index in [1.165, 1.54) is 70.6 Å². The maximum atomic E-state index is 9.64. The Balaban J connectivity index is 3.30. The molecule has 104 valence electrons. The van der Waals surface area contributed by atoms with E-state index in [-0.39, 0.29) is 6.10 Å². The molecule has 0 bridgehead atoms. The van der Waals surface area contributed by atoms with Crippen LogP contribution in [0.2, 0.25) is 0 Å². The van der Waals surface area contributed by atoms with Gasteiger partial charge in [-0.05, 0) is 25.7 Å². The minimum Gasteiger partial charge on any atom is -0.393 e. The van der Waals surface area contributed by atoms with Gasteiger partial charge in [-0.1, -0.05) is 71.6 Å². The lowest BCUT2D eigenvalue weighted by Crippen LogP contribution is -2.16. The number of rotatable bonds is 12. The fourth-order valence-corrected chi connectivity index (χ4v) is 2.54. The van der Waals surface area contributed by atoms with E-state index in [4.69, 9.17) is 0 Å². The summed E-state index contributed by atoms with van der Waals surface area (Å²) in [6.07, 6.45) is 14.6. The van der Waals surface area contributed by atoms with Crippen LogP contribution in [0.5, 0.6) is 0 Å². The minimum atomic E-state index is -0.112. The van der Waals surface area contributed by atoms with Crippen LogP contribution < -0.4 is 0 Å². The van der Waals surface area contributed by atoms with Crippen molar-refractivity contribution in [2.45, 2.75) is 97.5 Å². The summed E-state index contributed by atoms with van der Waals surface area (Å²) in [7, 11) is 0. The lowest BCUT2D eigenvalue weighted by atomic mass is 9.92. The standard InChI is InChI=1S/C16H34O/c1-4-6-7-8-9-10-11-12-14-16(13-5-2)15(3)17/h15-17H,4-14H2,1-3H3. The van der Waals surface area contributed by atoms with Gasteiger partial charge >= 0.3 is 0 Å². The van der Waals surface area contributed by atoms with E-state index < -0.39 is 0 Å². The topological polar surface area (TPSA) is 20.2 Å². The van der Waals surface area contributed by atoms with Gasteiger partial charge in [-0.25, -0.2) is 0 Å². The summed E-state index contributed by atoms with van der Waals surface area (Å²) in [5, 5.41) is 9.64. The van der Waals surface area contributed by atoms with Crippen LogP contribution >= 0.6 is 0 Å². The zero-order chi connectivity index (χ0) is 12.9. The molecule has 0 aliphatic heterocycles. The molecule has 0 spiro atoms. The molecular weight excluding hydrogens is 208 g/mol. The molecule has 0 radical (unpaired) electrons. The van der Waals surface area contributed by atoms with Crippen molar-refractivity contribution < 1.29 is 5.11 Å². The highest BCUT2D eigenvalue weighted by Crippen LogP contribution is 2.20. The highest BCUT2D eigenvalue weighted by atomic mass is 16.3. The highest BCUT2D eigenvalue weighted by molar-refractivity contribution is 4.64. The summed E-state index contributed by atoms with van der Waals surface area (Å²) in [5.74, 6) is 0.542. The Labute approximate surface area is 109 Å². The van der Waals surface area contributed by atoms with Gasteiger partial charge in [-0.3, -0.25) is 0 Å². The van der Waals surface area contributed by atoms with Crippen LogP contribution in [-0.4, -0.2) is 11.2 Å². The molecule has 0 heterocycles. The molecule has 0 aliphatic carbocycles. The van der Waals surface area contributed by atoms with Crippen molar-refractivity contribution in [1.82, 2.24) is 0 Å². The lowest BCUT2D eigenvalue weighted by Gasteiger charge is -2.18. The summed E-state index contributed by atoms with van der Waals surface area (Å²) in [6.45, 7) is 6.43. The number of aliphatic hydroxyl groups excluding tert-OH is 1. The predicted molar refractivity (Wildman–Crippen MR) is 77.3 cm³/mol.